The van der Waals surface area contributed by atoms with Crippen molar-refractivity contribution in [3.63, 3.8) is 0 Å². The summed E-state index contributed by atoms with van der Waals surface area (Å²) in [5, 5.41) is 10.0. The van der Waals surface area contributed by atoms with E-state index in [4.69, 9.17) is 0 Å². The fraction of sp³-hybridized carbons (Fsp3) is 0.105. The van der Waals surface area contributed by atoms with Crippen LogP contribution in [0.3, 0.4) is 0 Å². The van der Waals surface area contributed by atoms with E-state index < -0.39 is 5.82 Å². The van der Waals surface area contributed by atoms with Crippen molar-refractivity contribution < 1.29 is 14.3 Å². The van der Waals surface area contributed by atoms with E-state index in [1.54, 1.807) is 24.3 Å². The number of aromatic hydroxyl groups is 1. The Morgan fingerprint density at radius 3 is 2.67 bits per heavy atom. The molecule has 0 fully saturated rings. The van der Waals surface area contributed by atoms with Gasteiger partial charge in [-0.2, -0.15) is 0 Å². The number of anilines is 1. The Morgan fingerprint density at radius 2 is 1.88 bits per heavy atom. The molecule has 0 radical (unpaired) electrons. The minimum absolute atomic E-state index is 0.0893. The van der Waals surface area contributed by atoms with Crippen molar-refractivity contribution >= 4 is 11.6 Å². The molecule has 1 aromatic heterocycles. The SMILES string of the molecule is C[C@H]1c2cccn2-c2ccc(F)cc2N1C(=O)c1ccccc1O. The number of hydrogen-bond acceptors (Lipinski definition) is 2. The predicted octanol–water partition coefficient (Wildman–Crippen LogP) is 4.04. The maximum atomic E-state index is 13.8. The van der Waals surface area contributed by atoms with Crippen LogP contribution in [0.4, 0.5) is 10.1 Å². The fourth-order valence-electron chi connectivity index (χ4n) is 3.26. The summed E-state index contributed by atoms with van der Waals surface area (Å²) in [6.07, 6.45) is 1.89. The first-order chi connectivity index (χ1) is 11.6. The van der Waals surface area contributed by atoms with Gasteiger partial charge in [0.25, 0.3) is 5.91 Å². The van der Waals surface area contributed by atoms with Crippen LogP contribution in [0.1, 0.15) is 29.0 Å². The van der Waals surface area contributed by atoms with E-state index >= 15 is 0 Å². The quantitative estimate of drug-likeness (QED) is 0.735. The second kappa shape index (κ2) is 5.23. The molecule has 3 aromatic rings. The normalized spacial score (nSPS) is 15.8. The molecule has 0 spiro atoms. The second-order valence-electron chi connectivity index (χ2n) is 5.80. The zero-order chi connectivity index (χ0) is 16.8. The lowest BCUT2D eigenvalue weighted by atomic mass is 10.0. The number of aromatic nitrogens is 1. The van der Waals surface area contributed by atoms with E-state index in [0.29, 0.717) is 5.69 Å². The van der Waals surface area contributed by atoms with Crippen molar-refractivity contribution in [2.75, 3.05) is 4.90 Å². The molecule has 0 aliphatic carbocycles. The standard InChI is InChI=1S/C19H15FN2O2/c1-12-15-6-4-10-21(15)16-9-8-13(20)11-17(16)22(12)19(24)14-5-2-3-7-18(14)23/h2-12,23H,1H3/t12-/m0/s1. The Labute approximate surface area is 138 Å². The zero-order valence-electron chi connectivity index (χ0n) is 13.0. The number of phenolic OH excluding ortho intramolecular Hbond substituents is 1. The summed E-state index contributed by atoms with van der Waals surface area (Å²) in [5.41, 5.74) is 2.34. The number of nitrogens with zero attached hydrogens (tertiary/aromatic N) is 2. The van der Waals surface area contributed by atoms with Crippen LogP contribution in [0, 0.1) is 5.82 Å². The highest BCUT2D eigenvalue weighted by Crippen LogP contribution is 2.40. The molecule has 1 atom stereocenters. The number of para-hydroxylation sites is 1. The molecule has 4 rings (SSSR count). The maximum absolute atomic E-state index is 13.8. The van der Waals surface area contributed by atoms with Crippen molar-refractivity contribution in [2.24, 2.45) is 0 Å². The molecule has 0 bridgehead atoms. The monoisotopic (exact) mass is 322 g/mol. The van der Waals surface area contributed by atoms with Gasteiger partial charge in [-0.3, -0.25) is 9.69 Å². The van der Waals surface area contributed by atoms with Crippen molar-refractivity contribution in [3.8, 4) is 11.4 Å². The Hall–Kier alpha value is -3.08. The van der Waals surface area contributed by atoms with Gasteiger partial charge in [0.2, 0.25) is 0 Å². The third-order valence-electron chi connectivity index (χ3n) is 4.41. The highest BCUT2D eigenvalue weighted by molar-refractivity contribution is 6.09. The Bertz CT molecular complexity index is 948. The summed E-state index contributed by atoms with van der Waals surface area (Å²) in [7, 11) is 0. The number of phenols is 1. The molecule has 24 heavy (non-hydrogen) atoms. The average Bonchev–Trinajstić information content (AvgIpc) is 3.05. The van der Waals surface area contributed by atoms with Crippen LogP contribution >= 0.6 is 0 Å². The summed E-state index contributed by atoms with van der Waals surface area (Å²) in [6, 6.07) is 14.3. The van der Waals surface area contributed by atoms with Crippen molar-refractivity contribution in [2.45, 2.75) is 13.0 Å². The molecule has 4 nitrogen and oxygen atoms in total. The Morgan fingerprint density at radius 1 is 1.08 bits per heavy atom. The summed E-state index contributed by atoms with van der Waals surface area (Å²) < 4.78 is 15.8. The summed E-state index contributed by atoms with van der Waals surface area (Å²) in [4.78, 5) is 14.6. The maximum Gasteiger partial charge on any atom is 0.262 e. The first kappa shape index (κ1) is 14.5. The van der Waals surface area contributed by atoms with Gasteiger partial charge < -0.3 is 9.67 Å². The molecule has 0 saturated heterocycles. The van der Waals surface area contributed by atoms with Gasteiger partial charge in [0.05, 0.1) is 23.0 Å². The molecule has 1 aliphatic rings. The molecule has 2 heterocycles. The van der Waals surface area contributed by atoms with E-state index in [1.807, 2.05) is 29.8 Å². The smallest absolute Gasteiger partial charge is 0.262 e. The van der Waals surface area contributed by atoms with Crippen LogP contribution in [0.25, 0.3) is 5.69 Å². The number of carbonyl (C=O) groups is 1. The second-order valence-corrected chi connectivity index (χ2v) is 5.80. The Kier molecular flexibility index (Phi) is 3.16. The summed E-state index contributed by atoms with van der Waals surface area (Å²) >= 11 is 0. The lowest BCUT2D eigenvalue weighted by molar-refractivity contribution is 0.0973. The highest BCUT2D eigenvalue weighted by atomic mass is 19.1. The third kappa shape index (κ3) is 2.01. The molecule has 2 aromatic carbocycles. The summed E-state index contributed by atoms with van der Waals surface area (Å²) in [6.45, 7) is 1.89. The van der Waals surface area contributed by atoms with Crippen LogP contribution < -0.4 is 4.90 Å². The molecular weight excluding hydrogens is 307 g/mol. The number of rotatable bonds is 1. The molecule has 120 valence electrons. The van der Waals surface area contributed by atoms with Crippen LogP contribution in [-0.4, -0.2) is 15.6 Å². The van der Waals surface area contributed by atoms with Crippen LogP contribution in [0.2, 0.25) is 0 Å². The minimum Gasteiger partial charge on any atom is -0.507 e. The van der Waals surface area contributed by atoms with Gasteiger partial charge in [0.1, 0.15) is 11.6 Å². The van der Waals surface area contributed by atoms with Crippen molar-refractivity contribution in [1.29, 1.82) is 0 Å². The van der Waals surface area contributed by atoms with Gasteiger partial charge in [-0.25, -0.2) is 4.39 Å². The number of fused-ring (bicyclic) bond motifs is 3. The van der Waals surface area contributed by atoms with Crippen LogP contribution in [0.15, 0.2) is 60.8 Å². The first-order valence-electron chi connectivity index (χ1n) is 7.66. The predicted molar refractivity (Wildman–Crippen MR) is 89.1 cm³/mol. The van der Waals surface area contributed by atoms with E-state index in [1.165, 1.54) is 23.1 Å². The number of hydrogen-bond donors (Lipinski definition) is 1. The number of halogens is 1. The van der Waals surface area contributed by atoms with E-state index in [2.05, 4.69) is 0 Å². The lowest BCUT2D eigenvalue weighted by Crippen LogP contribution is -2.38. The average molecular weight is 322 g/mol. The zero-order valence-corrected chi connectivity index (χ0v) is 13.0. The Balaban J connectivity index is 1.92. The van der Waals surface area contributed by atoms with Crippen molar-refractivity contribution in [1.82, 2.24) is 4.57 Å². The largest absolute Gasteiger partial charge is 0.507 e. The van der Waals surface area contributed by atoms with E-state index in [9.17, 15) is 14.3 Å². The van der Waals surface area contributed by atoms with Gasteiger partial charge >= 0.3 is 0 Å². The molecule has 1 amide bonds. The van der Waals surface area contributed by atoms with Gasteiger partial charge in [0, 0.05) is 11.9 Å². The highest BCUT2D eigenvalue weighted by Gasteiger charge is 2.33. The van der Waals surface area contributed by atoms with Gasteiger partial charge in [0.15, 0.2) is 0 Å². The van der Waals surface area contributed by atoms with Gasteiger partial charge in [-0.05, 0) is 49.4 Å². The van der Waals surface area contributed by atoms with Crippen molar-refractivity contribution in [3.05, 3.63) is 77.9 Å². The fourth-order valence-corrected chi connectivity index (χ4v) is 3.26. The third-order valence-corrected chi connectivity index (χ3v) is 4.41. The number of amides is 1. The molecular formula is C19H15FN2O2. The lowest BCUT2D eigenvalue weighted by Gasteiger charge is -2.36. The van der Waals surface area contributed by atoms with Gasteiger partial charge in [-0.15, -0.1) is 0 Å². The van der Waals surface area contributed by atoms with Crippen LogP contribution in [0.5, 0.6) is 5.75 Å². The summed E-state index contributed by atoms with van der Waals surface area (Å²) in [5.74, 6) is -0.861. The molecule has 1 N–H and O–H groups in total. The first-order valence-corrected chi connectivity index (χ1v) is 7.66. The van der Waals surface area contributed by atoms with E-state index in [-0.39, 0.29) is 23.3 Å². The number of carbonyl (C=O) groups excluding carboxylic acids is 1. The molecule has 1 aliphatic heterocycles. The van der Waals surface area contributed by atoms with E-state index in [0.717, 1.165) is 11.4 Å². The van der Waals surface area contributed by atoms with Crippen LogP contribution in [-0.2, 0) is 0 Å². The molecule has 5 heteroatoms. The minimum atomic E-state index is -0.411. The molecule has 0 unspecified atom stereocenters. The number of benzene rings is 2. The van der Waals surface area contributed by atoms with Gasteiger partial charge in [-0.1, -0.05) is 12.1 Å². The molecule has 0 saturated carbocycles. The topological polar surface area (TPSA) is 45.5 Å².